The van der Waals surface area contributed by atoms with E-state index in [9.17, 15) is 0 Å². The van der Waals surface area contributed by atoms with Gasteiger partial charge in [-0.05, 0) is 31.0 Å². The first-order chi connectivity index (χ1) is 7.34. The number of benzene rings is 1. The van der Waals surface area contributed by atoms with E-state index in [0.29, 0.717) is 0 Å². The van der Waals surface area contributed by atoms with Crippen molar-refractivity contribution in [3.05, 3.63) is 34.9 Å². The van der Waals surface area contributed by atoms with Crippen LogP contribution in [0.4, 0.5) is 0 Å². The number of unbranched alkanes of at least 4 members (excludes halogenated alkanes) is 2. The molecule has 0 heterocycles. The number of rotatable bonds is 6. The quantitative estimate of drug-likeness (QED) is 0.575. The number of terminal acetylenes is 1. The molecule has 0 spiro atoms. The third kappa shape index (κ3) is 4.88. The molecule has 1 aromatic carbocycles. The van der Waals surface area contributed by atoms with Crippen LogP contribution in [0, 0.1) is 12.3 Å². The van der Waals surface area contributed by atoms with E-state index in [-0.39, 0.29) is 0 Å². The Labute approximate surface area is 96.8 Å². The molecule has 0 aliphatic carbocycles. The van der Waals surface area contributed by atoms with Crippen molar-refractivity contribution < 1.29 is 0 Å². The molecule has 0 radical (unpaired) electrons. The second-order valence-corrected chi connectivity index (χ2v) is 3.84. The molecule has 1 nitrogen and oxygen atoms in total. The Morgan fingerprint density at radius 3 is 2.80 bits per heavy atom. The standard InChI is InChI=1S/C13H16ClN/c1-2-3-4-7-10-15-11-12-8-5-6-9-13(12)14/h1,5-6,8-9,15H,3-4,7,10-11H2. The maximum absolute atomic E-state index is 6.02. The van der Waals surface area contributed by atoms with E-state index in [2.05, 4.69) is 11.2 Å². The van der Waals surface area contributed by atoms with Gasteiger partial charge in [0.1, 0.15) is 0 Å². The van der Waals surface area contributed by atoms with Crippen molar-refractivity contribution in [2.75, 3.05) is 6.54 Å². The Morgan fingerprint density at radius 1 is 1.27 bits per heavy atom. The van der Waals surface area contributed by atoms with Crippen LogP contribution in [0.5, 0.6) is 0 Å². The van der Waals surface area contributed by atoms with Crippen molar-refractivity contribution >= 4 is 11.6 Å². The molecular formula is C13H16ClN. The number of hydrogen-bond donors (Lipinski definition) is 1. The fraction of sp³-hybridized carbons (Fsp3) is 0.385. The highest BCUT2D eigenvalue weighted by atomic mass is 35.5. The summed E-state index contributed by atoms with van der Waals surface area (Å²) in [6.07, 6.45) is 8.24. The average Bonchev–Trinajstić information content (AvgIpc) is 2.25. The highest BCUT2D eigenvalue weighted by Crippen LogP contribution is 2.14. The van der Waals surface area contributed by atoms with E-state index in [1.807, 2.05) is 24.3 Å². The molecule has 2 heteroatoms. The largest absolute Gasteiger partial charge is 0.313 e. The SMILES string of the molecule is C#CCCCCNCc1ccccc1Cl. The molecule has 0 aliphatic heterocycles. The zero-order chi connectivity index (χ0) is 10.9. The fourth-order valence-corrected chi connectivity index (χ4v) is 1.54. The van der Waals surface area contributed by atoms with Gasteiger partial charge in [-0.3, -0.25) is 0 Å². The summed E-state index contributed by atoms with van der Waals surface area (Å²) in [7, 11) is 0. The molecule has 0 fully saturated rings. The van der Waals surface area contributed by atoms with E-state index in [4.69, 9.17) is 18.0 Å². The third-order valence-corrected chi connectivity index (χ3v) is 2.57. The summed E-state index contributed by atoms with van der Waals surface area (Å²) in [4.78, 5) is 0. The fourth-order valence-electron chi connectivity index (χ4n) is 1.34. The summed E-state index contributed by atoms with van der Waals surface area (Å²) in [6, 6.07) is 7.90. The van der Waals surface area contributed by atoms with E-state index in [0.717, 1.165) is 42.9 Å². The summed E-state index contributed by atoms with van der Waals surface area (Å²) in [5.74, 6) is 2.64. The second kappa shape index (κ2) is 7.34. The zero-order valence-electron chi connectivity index (χ0n) is 8.80. The summed E-state index contributed by atoms with van der Waals surface area (Å²) in [6.45, 7) is 1.82. The van der Waals surface area contributed by atoms with Crippen LogP contribution in [0.15, 0.2) is 24.3 Å². The van der Waals surface area contributed by atoms with Crippen molar-refractivity contribution in [3.63, 3.8) is 0 Å². The van der Waals surface area contributed by atoms with Gasteiger partial charge in [0.15, 0.2) is 0 Å². The lowest BCUT2D eigenvalue weighted by Crippen LogP contribution is -2.14. The van der Waals surface area contributed by atoms with Gasteiger partial charge in [0.25, 0.3) is 0 Å². The Hall–Kier alpha value is -0.970. The van der Waals surface area contributed by atoms with E-state index in [1.54, 1.807) is 0 Å². The predicted octanol–water partition coefficient (Wildman–Crippen LogP) is 3.23. The predicted molar refractivity (Wildman–Crippen MR) is 65.8 cm³/mol. The first kappa shape index (κ1) is 12.1. The Bertz CT molecular complexity index is 328. The van der Waals surface area contributed by atoms with Crippen LogP contribution in [-0.4, -0.2) is 6.54 Å². The van der Waals surface area contributed by atoms with Crippen LogP contribution in [0.1, 0.15) is 24.8 Å². The zero-order valence-corrected chi connectivity index (χ0v) is 9.56. The van der Waals surface area contributed by atoms with Crippen LogP contribution in [0.2, 0.25) is 5.02 Å². The van der Waals surface area contributed by atoms with Crippen LogP contribution >= 0.6 is 11.6 Å². The monoisotopic (exact) mass is 221 g/mol. The number of nitrogens with one attached hydrogen (secondary N) is 1. The lowest BCUT2D eigenvalue weighted by atomic mass is 10.2. The van der Waals surface area contributed by atoms with Gasteiger partial charge in [0, 0.05) is 18.0 Å². The molecule has 80 valence electrons. The molecule has 1 N–H and O–H groups in total. The van der Waals surface area contributed by atoms with Crippen molar-refractivity contribution in [1.29, 1.82) is 0 Å². The van der Waals surface area contributed by atoms with Gasteiger partial charge in [0.2, 0.25) is 0 Å². The minimum Gasteiger partial charge on any atom is -0.313 e. The van der Waals surface area contributed by atoms with E-state index >= 15 is 0 Å². The number of hydrogen-bond acceptors (Lipinski definition) is 1. The van der Waals surface area contributed by atoms with Gasteiger partial charge in [-0.1, -0.05) is 29.8 Å². The van der Waals surface area contributed by atoms with Gasteiger partial charge in [-0.2, -0.15) is 0 Å². The molecule has 0 atom stereocenters. The van der Waals surface area contributed by atoms with E-state index in [1.165, 1.54) is 0 Å². The normalized spacial score (nSPS) is 9.87. The lowest BCUT2D eigenvalue weighted by Gasteiger charge is -2.05. The second-order valence-electron chi connectivity index (χ2n) is 3.43. The molecule has 1 aromatic rings. The van der Waals surface area contributed by atoms with Gasteiger partial charge in [-0.15, -0.1) is 12.3 Å². The van der Waals surface area contributed by atoms with Gasteiger partial charge in [-0.25, -0.2) is 0 Å². The van der Waals surface area contributed by atoms with Crippen molar-refractivity contribution in [3.8, 4) is 12.3 Å². The molecule has 1 rings (SSSR count). The molecule has 0 unspecified atom stereocenters. The van der Waals surface area contributed by atoms with Crippen LogP contribution < -0.4 is 5.32 Å². The summed E-state index contributed by atoms with van der Waals surface area (Å²) >= 11 is 6.02. The minimum atomic E-state index is 0.827. The average molecular weight is 222 g/mol. The highest BCUT2D eigenvalue weighted by molar-refractivity contribution is 6.31. The Balaban J connectivity index is 2.16. The van der Waals surface area contributed by atoms with Crippen LogP contribution in [-0.2, 0) is 6.54 Å². The smallest absolute Gasteiger partial charge is 0.0450 e. The minimum absolute atomic E-state index is 0.827. The lowest BCUT2D eigenvalue weighted by molar-refractivity contribution is 0.630. The molecule has 15 heavy (non-hydrogen) atoms. The van der Waals surface area contributed by atoms with Crippen LogP contribution in [0.3, 0.4) is 0 Å². The third-order valence-electron chi connectivity index (χ3n) is 2.20. The molecule has 0 bridgehead atoms. The molecule has 0 aliphatic rings. The topological polar surface area (TPSA) is 12.0 Å². The van der Waals surface area contributed by atoms with Crippen molar-refractivity contribution in [1.82, 2.24) is 5.32 Å². The Kier molecular flexibility index (Phi) is 5.92. The first-order valence-electron chi connectivity index (χ1n) is 5.22. The van der Waals surface area contributed by atoms with Gasteiger partial charge < -0.3 is 5.32 Å². The van der Waals surface area contributed by atoms with Crippen molar-refractivity contribution in [2.24, 2.45) is 0 Å². The summed E-state index contributed by atoms with van der Waals surface area (Å²) < 4.78 is 0. The number of halogens is 1. The maximum Gasteiger partial charge on any atom is 0.0450 e. The van der Waals surface area contributed by atoms with Gasteiger partial charge >= 0.3 is 0 Å². The highest BCUT2D eigenvalue weighted by Gasteiger charge is 1.97. The molecule has 0 amide bonds. The van der Waals surface area contributed by atoms with Gasteiger partial charge in [0.05, 0.1) is 0 Å². The van der Waals surface area contributed by atoms with Crippen LogP contribution in [0.25, 0.3) is 0 Å². The Morgan fingerprint density at radius 2 is 2.07 bits per heavy atom. The summed E-state index contributed by atoms with van der Waals surface area (Å²) in [5.41, 5.74) is 1.15. The molecule has 0 saturated carbocycles. The first-order valence-corrected chi connectivity index (χ1v) is 5.60. The molecule has 0 aromatic heterocycles. The molecule has 0 saturated heterocycles. The van der Waals surface area contributed by atoms with Crippen molar-refractivity contribution in [2.45, 2.75) is 25.8 Å². The van der Waals surface area contributed by atoms with E-state index < -0.39 is 0 Å². The molecular weight excluding hydrogens is 206 g/mol. The summed E-state index contributed by atoms with van der Waals surface area (Å²) in [5, 5.41) is 4.18. The maximum atomic E-state index is 6.02.